The molecule has 0 aromatic carbocycles. The van der Waals surface area contributed by atoms with Gasteiger partial charge in [0.15, 0.2) is 0 Å². The summed E-state index contributed by atoms with van der Waals surface area (Å²) in [4.78, 5) is 0. The summed E-state index contributed by atoms with van der Waals surface area (Å²) in [6.45, 7) is 2.02. The lowest BCUT2D eigenvalue weighted by Gasteiger charge is -2.06. The molecule has 2 aromatic rings. The fraction of sp³-hybridized carbons (Fsp3) is 0.273. The molecule has 0 saturated heterocycles. The molecule has 5 heteroatoms. The summed E-state index contributed by atoms with van der Waals surface area (Å²) >= 11 is 8.35. The van der Waals surface area contributed by atoms with Crippen LogP contribution in [-0.4, -0.2) is 5.11 Å². The van der Waals surface area contributed by atoms with Gasteiger partial charge in [0.1, 0.15) is 17.6 Å². The Morgan fingerprint density at radius 3 is 2.69 bits per heavy atom. The summed E-state index contributed by atoms with van der Waals surface area (Å²) < 4.78 is 7.43. The topological polar surface area (TPSA) is 33.4 Å². The number of aryl methyl sites for hydroxylation is 1. The summed E-state index contributed by atoms with van der Waals surface area (Å²) in [7, 11) is 0. The van der Waals surface area contributed by atoms with E-state index in [9.17, 15) is 5.11 Å². The van der Waals surface area contributed by atoms with Gasteiger partial charge in [-0.3, -0.25) is 0 Å². The molecule has 0 saturated carbocycles. The van der Waals surface area contributed by atoms with Crippen LogP contribution in [0.5, 0.6) is 0 Å². The van der Waals surface area contributed by atoms with Crippen molar-refractivity contribution in [3.8, 4) is 0 Å². The molecule has 2 nitrogen and oxygen atoms in total. The maximum absolute atomic E-state index is 10.2. The van der Waals surface area contributed by atoms with Crippen molar-refractivity contribution >= 4 is 43.2 Å². The van der Waals surface area contributed by atoms with Gasteiger partial charge in [0.05, 0.1) is 7.57 Å². The smallest absolute Gasteiger partial charge is 0.139 e. The highest BCUT2D eigenvalue weighted by atomic mass is 79.9. The summed E-state index contributed by atoms with van der Waals surface area (Å²) in [6, 6.07) is 5.61. The molecule has 2 aromatic heterocycles. The van der Waals surface area contributed by atoms with Gasteiger partial charge in [-0.2, -0.15) is 0 Å². The third kappa shape index (κ3) is 2.42. The second-order valence-electron chi connectivity index (χ2n) is 3.34. The molecular weight excluding hydrogens is 356 g/mol. The lowest BCUT2D eigenvalue weighted by Crippen LogP contribution is -1.96. The highest BCUT2D eigenvalue weighted by Crippen LogP contribution is 2.38. The van der Waals surface area contributed by atoms with Crippen molar-refractivity contribution in [2.75, 3.05) is 0 Å². The Morgan fingerprint density at radius 2 is 2.19 bits per heavy atom. The largest absolute Gasteiger partial charge is 0.463 e. The minimum absolute atomic E-state index is 0.586. The van der Waals surface area contributed by atoms with E-state index in [4.69, 9.17) is 4.42 Å². The Labute approximate surface area is 115 Å². The van der Waals surface area contributed by atoms with E-state index in [1.165, 1.54) is 11.3 Å². The molecule has 0 aliphatic heterocycles. The van der Waals surface area contributed by atoms with Crippen LogP contribution in [0.1, 0.15) is 30.1 Å². The van der Waals surface area contributed by atoms with Crippen molar-refractivity contribution in [2.24, 2.45) is 0 Å². The standard InChI is InChI=1S/C11H10Br2O2S/c1-2-6-3-4-8(15-6)10(14)7-5-9(12)16-11(7)13/h3-5,10,14H,2H2,1H3. The number of hydrogen-bond donors (Lipinski definition) is 1. The minimum atomic E-state index is -0.711. The first-order valence-corrected chi connectivity index (χ1v) is 7.23. The zero-order valence-corrected chi connectivity index (χ0v) is 12.5. The molecule has 1 unspecified atom stereocenters. The lowest BCUT2D eigenvalue weighted by molar-refractivity contribution is 0.187. The molecule has 0 spiro atoms. The van der Waals surface area contributed by atoms with Crippen molar-refractivity contribution in [1.29, 1.82) is 0 Å². The highest BCUT2D eigenvalue weighted by molar-refractivity contribution is 9.12. The Morgan fingerprint density at radius 1 is 1.44 bits per heavy atom. The summed E-state index contributed by atoms with van der Waals surface area (Å²) in [5.41, 5.74) is 0.828. The van der Waals surface area contributed by atoms with Crippen molar-refractivity contribution in [2.45, 2.75) is 19.4 Å². The molecule has 1 atom stereocenters. The molecule has 0 amide bonds. The maximum atomic E-state index is 10.2. The molecule has 0 aliphatic carbocycles. The van der Waals surface area contributed by atoms with E-state index in [0.29, 0.717) is 5.76 Å². The van der Waals surface area contributed by atoms with Gasteiger partial charge in [0.25, 0.3) is 0 Å². The van der Waals surface area contributed by atoms with Crippen molar-refractivity contribution < 1.29 is 9.52 Å². The monoisotopic (exact) mass is 364 g/mol. The van der Waals surface area contributed by atoms with Crippen molar-refractivity contribution in [3.63, 3.8) is 0 Å². The third-order valence-electron chi connectivity index (χ3n) is 2.28. The van der Waals surface area contributed by atoms with Gasteiger partial charge in [-0.1, -0.05) is 6.92 Å². The molecule has 0 fully saturated rings. The Hall–Kier alpha value is -0.100. The summed E-state index contributed by atoms with van der Waals surface area (Å²) in [6.07, 6.45) is 0.124. The van der Waals surface area contributed by atoms with Crippen molar-refractivity contribution in [3.05, 3.63) is 42.9 Å². The van der Waals surface area contributed by atoms with Crippen LogP contribution >= 0.6 is 43.2 Å². The predicted octanol–water partition coefficient (Wildman–Crippen LogP) is 4.51. The van der Waals surface area contributed by atoms with Crippen LogP contribution in [0.4, 0.5) is 0 Å². The van der Waals surface area contributed by atoms with E-state index in [1.54, 1.807) is 0 Å². The van der Waals surface area contributed by atoms with E-state index in [2.05, 4.69) is 31.9 Å². The number of aliphatic hydroxyl groups is 1. The number of aliphatic hydroxyl groups excluding tert-OH is 1. The molecule has 16 heavy (non-hydrogen) atoms. The average Bonchev–Trinajstić information content (AvgIpc) is 2.84. The first-order chi connectivity index (χ1) is 7.61. The van der Waals surface area contributed by atoms with E-state index >= 15 is 0 Å². The molecular formula is C11H10Br2O2S. The molecule has 0 bridgehead atoms. The number of thiophene rings is 1. The van der Waals surface area contributed by atoms with E-state index < -0.39 is 6.10 Å². The average molecular weight is 366 g/mol. The molecule has 2 rings (SSSR count). The molecule has 1 N–H and O–H groups in total. The zero-order chi connectivity index (χ0) is 11.7. The quantitative estimate of drug-likeness (QED) is 0.867. The van der Waals surface area contributed by atoms with E-state index in [0.717, 1.165) is 25.3 Å². The maximum Gasteiger partial charge on any atom is 0.139 e. The zero-order valence-electron chi connectivity index (χ0n) is 8.54. The van der Waals surface area contributed by atoms with Gasteiger partial charge >= 0.3 is 0 Å². The van der Waals surface area contributed by atoms with Crippen LogP contribution in [0.2, 0.25) is 0 Å². The summed E-state index contributed by atoms with van der Waals surface area (Å²) in [5, 5.41) is 10.2. The fourth-order valence-electron chi connectivity index (χ4n) is 1.42. The first-order valence-electron chi connectivity index (χ1n) is 4.83. The van der Waals surface area contributed by atoms with Gasteiger partial charge < -0.3 is 9.52 Å². The second kappa shape index (κ2) is 5.04. The number of hydrogen-bond acceptors (Lipinski definition) is 3. The first kappa shape index (κ1) is 12.4. The van der Waals surface area contributed by atoms with E-state index in [-0.39, 0.29) is 0 Å². The predicted molar refractivity (Wildman–Crippen MR) is 71.9 cm³/mol. The normalized spacial score (nSPS) is 13.0. The Bertz CT molecular complexity index is 490. The molecule has 0 aliphatic rings. The number of halogens is 2. The van der Waals surface area contributed by atoms with Crippen molar-refractivity contribution in [1.82, 2.24) is 0 Å². The summed E-state index contributed by atoms with van der Waals surface area (Å²) in [5.74, 6) is 1.47. The van der Waals surface area contributed by atoms with Gasteiger partial charge in [-0.15, -0.1) is 11.3 Å². The number of rotatable bonds is 3. The second-order valence-corrected chi connectivity index (χ2v) is 7.09. The van der Waals surface area contributed by atoms with E-state index in [1.807, 2.05) is 25.1 Å². The molecule has 2 heterocycles. The van der Waals surface area contributed by atoms with Crippen LogP contribution in [0.15, 0.2) is 30.2 Å². The van der Waals surface area contributed by atoms with Gasteiger partial charge in [-0.25, -0.2) is 0 Å². The third-order valence-corrected chi connectivity index (χ3v) is 4.66. The fourth-order valence-corrected chi connectivity index (χ4v) is 4.31. The van der Waals surface area contributed by atoms with Crippen LogP contribution in [0, 0.1) is 0 Å². The highest BCUT2D eigenvalue weighted by Gasteiger charge is 2.19. The Balaban J connectivity index is 2.31. The molecule has 0 radical (unpaired) electrons. The van der Waals surface area contributed by atoms with Gasteiger partial charge in [-0.05, 0) is 50.1 Å². The van der Waals surface area contributed by atoms with Crippen LogP contribution in [-0.2, 0) is 6.42 Å². The van der Waals surface area contributed by atoms with Gasteiger partial charge in [0.2, 0.25) is 0 Å². The lowest BCUT2D eigenvalue weighted by atomic mass is 10.1. The minimum Gasteiger partial charge on any atom is -0.463 e. The van der Waals surface area contributed by atoms with Crippen LogP contribution in [0.3, 0.4) is 0 Å². The Kier molecular flexibility index (Phi) is 3.89. The number of furan rings is 1. The van der Waals surface area contributed by atoms with Crippen LogP contribution < -0.4 is 0 Å². The van der Waals surface area contributed by atoms with Gasteiger partial charge in [0, 0.05) is 12.0 Å². The van der Waals surface area contributed by atoms with Crippen LogP contribution in [0.25, 0.3) is 0 Å². The SMILES string of the molecule is CCc1ccc(C(O)c2cc(Br)sc2Br)o1. The molecule has 86 valence electrons.